The van der Waals surface area contributed by atoms with Gasteiger partial charge in [-0.15, -0.1) is 0 Å². The Morgan fingerprint density at radius 1 is 1.28 bits per heavy atom. The van der Waals surface area contributed by atoms with Crippen molar-refractivity contribution in [3.63, 3.8) is 0 Å². The number of halogens is 1. The summed E-state index contributed by atoms with van der Waals surface area (Å²) in [6.07, 6.45) is 4.17. The van der Waals surface area contributed by atoms with Gasteiger partial charge in [-0.05, 0) is 37.5 Å². The van der Waals surface area contributed by atoms with Gasteiger partial charge in [-0.25, -0.2) is 4.68 Å². The van der Waals surface area contributed by atoms with E-state index < -0.39 is 0 Å². The Balaban J connectivity index is 2.56. The smallest absolute Gasteiger partial charge is 0.0680 e. The maximum Gasteiger partial charge on any atom is 0.0680 e. The molecule has 0 fully saturated rings. The van der Waals surface area contributed by atoms with Crippen molar-refractivity contribution in [2.75, 3.05) is 0 Å². The fraction of sp³-hybridized carbons (Fsp3) is 0.400. The van der Waals surface area contributed by atoms with Crippen LogP contribution in [0.2, 0.25) is 0 Å². The topological polar surface area (TPSA) is 17.8 Å². The van der Waals surface area contributed by atoms with Crippen LogP contribution in [0, 0.1) is 13.8 Å². The highest BCUT2D eigenvalue weighted by atomic mass is 79.9. The molecule has 0 saturated heterocycles. The Hall–Kier alpha value is -1.09. The van der Waals surface area contributed by atoms with Crippen molar-refractivity contribution in [3.05, 3.63) is 46.8 Å². The molecular weight excluding hydrogens is 288 g/mol. The zero-order chi connectivity index (χ0) is 13.1. The van der Waals surface area contributed by atoms with E-state index in [-0.39, 0.29) is 0 Å². The van der Waals surface area contributed by atoms with Gasteiger partial charge in [0.05, 0.1) is 11.9 Å². The Kier molecular flexibility index (Phi) is 4.23. The first-order valence-electron chi connectivity index (χ1n) is 6.36. The molecule has 1 heterocycles. The summed E-state index contributed by atoms with van der Waals surface area (Å²) in [5.74, 6) is 0. The molecule has 0 radical (unpaired) electrons. The SMILES string of the molecule is CCCc1c(CBr)cnn1-c1cc(C)ccc1C. The first-order valence-corrected chi connectivity index (χ1v) is 7.49. The molecule has 0 bridgehead atoms. The molecule has 18 heavy (non-hydrogen) atoms. The fourth-order valence-electron chi connectivity index (χ4n) is 2.18. The largest absolute Gasteiger partial charge is 0.237 e. The van der Waals surface area contributed by atoms with Gasteiger partial charge >= 0.3 is 0 Å². The first-order chi connectivity index (χ1) is 8.67. The third-order valence-electron chi connectivity index (χ3n) is 3.18. The predicted molar refractivity (Wildman–Crippen MR) is 79.7 cm³/mol. The molecule has 0 amide bonds. The molecule has 0 aliphatic heterocycles. The van der Waals surface area contributed by atoms with Crippen LogP contribution < -0.4 is 0 Å². The fourth-order valence-corrected chi connectivity index (χ4v) is 2.65. The van der Waals surface area contributed by atoms with Gasteiger partial charge in [0.2, 0.25) is 0 Å². The minimum atomic E-state index is 0.868. The minimum Gasteiger partial charge on any atom is -0.237 e. The van der Waals surface area contributed by atoms with E-state index in [1.54, 1.807) is 0 Å². The van der Waals surface area contributed by atoms with Crippen LogP contribution in [-0.4, -0.2) is 9.78 Å². The van der Waals surface area contributed by atoms with Gasteiger partial charge in [0.1, 0.15) is 0 Å². The summed E-state index contributed by atoms with van der Waals surface area (Å²) in [5, 5.41) is 5.43. The van der Waals surface area contributed by atoms with Gasteiger partial charge in [0, 0.05) is 16.6 Å². The van der Waals surface area contributed by atoms with Crippen molar-refractivity contribution >= 4 is 15.9 Å². The normalized spacial score (nSPS) is 10.9. The highest BCUT2D eigenvalue weighted by Gasteiger charge is 2.12. The van der Waals surface area contributed by atoms with E-state index in [9.17, 15) is 0 Å². The Bertz CT molecular complexity index is 543. The summed E-state index contributed by atoms with van der Waals surface area (Å²) in [4.78, 5) is 0. The van der Waals surface area contributed by atoms with E-state index in [1.165, 1.54) is 28.1 Å². The van der Waals surface area contributed by atoms with Crippen LogP contribution in [0.25, 0.3) is 5.69 Å². The summed E-state index contributed by atoms with van der Waals surface area (Å²) >= 11 is 3.54. The lowest BCUT2D eigenvalue weighted by Gasteiger charge is -2.11. The van der Waals surface area contributed by atoms with Gasteiger partial charge in [-0.3, -0.25) is 0 Å². The molecule has 2 aromatic rings. The number of benzene rings is 1. The van der Waals surface area contributed by atoms with Crippen molar-refractivity contribution in [2.24, 2.45) is 0 Å². The standard InChI is InChI=1S/C15H19BrN2/c1-4-5-14-13(9-16)10-17-18(14)15-8-11(2)6-7-12(15)3/h6-8,10H,4-5,9H2,1-3H3. The van der Waals surface area contributed by atoms with Gasteiger partial charge in [0.15, 0.2) is 0 Å². The number of rotatable bonds is 4. The number of aryl methyl sites for hydroxylation is 2. The average Bonchev–Trinajstić information content (AvgIpc) is 2.76. The highest BCUT2D eigenvalue weighted by Crippen LogP contribution is 2.22. The zero-order valence-corrected chi connectivity index (χ0v) is 12.8. The first kappa shape index (κ1) is 13.3. The van der Waals surface area contributed by atoms with Gasteiger partial charge in [-0.1, -0.05) is 41.4 Å². The summed E-state index contributed by atoms with van der Waals surface area (Å²) < 4.78 is 2.10. The number of nitrogens with zero attached hydrogens (tertiary/aromatic N) is 2. The van der Waals surface area contributed by atoms with E-state index in [0.29, 0.717) is 0 Å². The number of hydrogen-bond donors (Lipinski definition) is 0. The van der Waals surface area contributed by atoms with Crippen molar-refractivity contribution in [1.29, 1.82) is 0 Å². The quantitative estimate of drug-likeness (QED) is 0.768. The number of aromatic nitrogens is 2. The molecule has 0 spiro atoms. The van der Waals surface area contributed by atoms with E-state index in [0.717, 1.165) is 18.2 Å². The second-order valence-electron chi connectivity index (χ2n) is 4.70. The van der Waals surface area contributed by atoms with Gasteiger partial charge < -0.3 is 0 Å². The molecule has 2 nitrogen and oxygen atoms in total. The van der Waals surface area contributed by atoms with E-state index in [2.05, 4.69) is 64.7 Å². The maximum atomic E-state index is 4.56. The molecule has 0 saturated carbocycles. The zero-order valence-electron chi connectivity index (χ0n) is 11.2. The Labute approximate surface area is 117 Å². The molecule has 1 aromatic heterocycles. The maximum absolute atomic E-state index is 4.56. The average molecular weight is 307 g/mol. The molecule has 2 rings (SSSR count). The lowest BCUT2D eigenvalue weighted by Crippen LogP contribution is -2.05. The van der Waals surface area contributed by atoms with Gasteiger partial charge in [-0.2, -0.15) is 5.10 Å². The van der Waals surface area contributed by atoms with Crippen LogP contribution in [0.1, 0.15) is 35.7 Å². The van der Waals surface area contributed by atoms with E-state index >= 15 is 0 Å². The third kappa shape index (κ3) is 2.51. The molecule has 96 valence electrons. The Morgan fingerprint density at radius 3 is 2.72 bits per heavy atom. The van der Waals surface area contributed by atoms with E-state index in [4.69, 9.17) is 0 Å². The molecule has 1 aromatic carbocycles. The van der Waals surface area contributed by atoms with Crippen molar-refractivity contribution in [1.82, 2.24) is 9.78 Å². The molecule has 0 atom stereocenters. The van der Waals surface area contributed by atoms with Crippen LogP contribution >= 0.6 is 15.9 Å². The predicted octanol–water partition coefficient (Wildman–Crippen LogP) is 4.34. The van der Waals surface area contributed by atoms with Gasteiger partial charge in [0.25, 0.3) is 0 Å². The lowest BCUT2D eigenvalue weighted by molar-refractivity contribution is 0.767. The second kappa shape index (κ2) is 5.70. The van der Waals surface area contributed by atoms with Crippen molar-refractivity contribution in [2.45, 2.75) is 38.9 Å². The molecular formula is C15H19BrN2. The number of alkyl halides is 1. The van der Waals surface area contributed by atoms with Crippen LogP contribution in [0.3, 0.4) is 0 Å². The summed E-state index contributed by atoms with van der Waals surface area (Å²) in [6, 6.07) is 6.52. The molecule has 0 N–H and O–H groups in total. The molecule has 3 heteroatoms. The highest BCUT2D eigenvalue weighted by molar-refractivity contribution is 9.08. The summed E-state index contributed by atoms with van der Waals surface area (Å²) in [7, 11) is 0. The summed E-state index contributed by atoms with van der Waals surface area (Å²) in [6.45, 7) is 6.47. The monoisotopic (exact) mass is 306 g/mol. The van der Waals surface area contributed by atoms with Crippen LogP contribution in [-0.2, 0) is 11.8 Å². The van der Waals surface area contributed by atoms with Crippen LogP contribution in [0.4, 0.5) is 0 Å². The van der Waals surface area contributed by atoms with Crippen LogP contribution in [0.15, 0.2) is 24.4 Å². The number of hydrogen-bond acceptors (Lipinski definition) is 1. The third-order valence-corrected chi connectivity index (χ3v) is 3.78. The molecule has 0 unspecified atom stereocenters. The lowest BCUT2D eigenvalue weighted by atomic mass is 10.1. The van der Waals surface area contributed by atoms with Crippen molar-refractivity contribution < 1.29 is 0 Å². The van der Waals surface area contributed by atoms with Crippen molar-refractivity contribution in [3.8, 4) is 5.69 Å². The summed E-state index contributed by atoms with van der Waals surface area (Å²) in [5.41, 5.74) is 6.35. The van der Waals surface area contributed by atoms with Crippen LogP contribution in [0.5, 0.6) is 0 Å². The minimum absolute atomic E-state index is 0.868. The van der Waals surface area contributed by atoms with E-state index in [1.807, 2.05) is 6.20 Å². The molecule has 0 aliphatic rings. The molecule has 0 aliphatic carbocycles. The second-order valence-corrected chi connectivity index (χ2v) is 5.26. The Morgan fingerprint density at radius 2 is 2.06 bits per heavy atom.